The molecule has 0 unspecified atom stereocenters. The van der Waals surface area contributed by atoms with Crippen LogP contribution >= 0.6 is 22.6 Å². The average Bonchev–Trinajstić information content (AvgIpc) is 2.68. The summed E-state index contributed by atoms with van der Waals surface area (Å²) in [7, 11) is 0. The molecule has 0 saturated carbocycles. The molecule has 0 aliphatic heterocycles. The van der Waals surface area contributed by atoms with Gasteiger partial charge in [-0.3, -0.25) is 14.9 Å². The Kier molecular flexibility index (Phi) is 8.96. The lowest BCUT2D eigenvalue weighted by molar-refractivity contribution is -0.388. The number of benzene rings is 2. The van der Waals surface area contributed by atoms with Crippen LogP contribution in [0.15, 0.2) is 42.5 Å². The van der Waals surface area contributed by atoms with Gasteiger partial charge in [0.25, 0.3) is 11.6 Å². The van der Waals surface area contributed by atoms with Gasteiger partial charge in [-0.1, -0.05) is 22.6 Å². The Bertz CT molecular complexity index is 889. The standard InChI is InChI=1S/C17H14F4N2O5.CH3I/c1-16(25,9-28-12-5-2-10(18)3-6-12)15(24)22-11-4-7-14(23(26)27)13(8-11)17(19,20)21;1-2/h2-8,25H,9H2,1H3,(H,22,24);1H3/t16-;/m0./s1/i;2-2. The van der Waals surface area contributed by atoms with E-state index in [9.17, 15) is 37.6 Å². The van der Waals surface area contributed by atoms with E-state index in [0.717, 1.165) is 25.1 Å². The fraction of sp³-hybridized carbons (Fsp3) is 0.278. The molecule has 0 aliphatic rings. The third-order valence-corrected chi connectivity index (χ3v) is 3.58. The number of alkyl halides is 4. The zero-order chi connectivity index (χ0) is 23.1. The molecule has 1 atom stereocenters. The number of carbonyl (C=O) groups is 1. The number of rotatable bonds is 6. The van der Waals surface area contributed by atoms with Crippen LogP contribution in [0.25, 0.3) is 0 Å². The van der Waals surface area contributed by atoms with Crippen LogP contribution < -0.4 is 10.1 Å². The Morgan fingerprint density at radius 1 is 1.20 bits per heavy atom. The van der Waals surface area contributed by atoms with Crippen molar-refractivity contribution in [3.8, 4) is 5.75 Å². The molecule has 30 heavy (non-hydrogen) atoms. The van der Waals surface area contributed by atoms with E-state index >= 15 is 0 Å². The van der Waals surface area contributed by atoms with Crippen LogP contribution in [0.2, 0.25) is 0 Å². The maximum atomic E-state index is 13.0. The Hall–Kier alpha value is -2.48. The first-order valence-corrected chi connectivity index (χ1v) is 10.2. The second-order valence-electron chi connectivity index (χ2n) is 5.96. The first-order valence-electron chi connectivity index (χ1n) is 8.06. The van der Waals surface area contributed by atoms with Crippen molar-refractivity contribution >= 4 is 39.9 Å². The number of amides is 1. The summed E-state index contributed by atoms with van der Waals surface area (Å²) in [5, 5.41) is 23.0. The van der Waals surface area contributed by atoms with E-state index in [4.69, 9.17) is 4.74 Å². The van der Waals surface area contributed by atoms with Gasteiger partial charge in [0.1, 0.15) is 23.7 Å². The van der Waals surface area contributed by atoms with Crippen molar-refractivity contribution in [1.82, 2.24) is 0 Å². The van der Waals surface area contributed by atoms with E-state index < -0.39 is 52.0 Å². The fourth-order valence-electron chi connectivity index (χ4n) is 2.09. The molecule has 12 heteroatoms. The van der Waals surface area contributed by atoms with Crippen LogP contribution in [-0.2, 0) is 11.0 Å². The van der Waals surface area contributed by atoms with Gasteiger partial charge in [0, 0.05) is 11.8 Å². The fourth-order valence-corrected chi connectivity index (χ4v) is 2.09. The minimum absolute atomic E-state index is 0.157. The summed E-state index contributed by atoms with van der Waals surface area (Å²) in [5.74, 6) is -1.46. The van der Waals surface area contributed by atoms with Crippen LogP contribution in [0.3, 0.4) is 0 Å². The zero-order valence-corrected chi connectivity index (χ0v) is 17.8. The molecule has 2 N–H and O–H groups in total. The number of hydrogen-bond donors (Lipinski definition) is 2. The number of aliphatic hydroxyl groups is 1. The average molecular weight is 542 g/mol. The number of carbonyl (C=O) groups excluding carboxylic acids is 1. The first kappa shape index (κ1) is 25.6. The van der Waals surface area contributed by atoms with Crippen molar-refractivity contribution in [1.29, 1.82) is 0 Å². The van der Waals surface area contributed by atoms with Crippen molar-refractivity contribution in [3.63, 3.8) is 0 Å². The number of nitrogens with one attached hydrogen (secondary N) is 1. The third kappa shape index (κ3) is 7.09. The zero-order valence-electron chi connectivity index (χ0n) is 15.7. The number of nitro benzene ring substituents is 1. The van der Waals surface area contributed by atoms with E-state index in [-0.39, 0.29) is 5.75 Å². The second kappa shape index (κ2) is 10.5. The summed E-state index contributed by atoms with van der Waals surface area (Å²) in [6, 6.07) is 6.61. The Labute approximate surface area is 182 Å². The Morgan fingerprint density at radius 3 is 2.27 bits per heavy atom. The second-order valence-corrected chi connectivity index (χ2v) is 5.96. The van der Waals surface area contributed by atoms with Gasteiger partial charge in [-0.25, -0.2) is 4.39 Å². The molecule has 0 heterocycles. The molecule has 2 aromatic carbocycles. The topological polar surface area (TPSA) is 102 Å². The number of nitro groups is 1. The summed E-state index contributed by atoms with van der Waals surface area (Å²) < 4.78 is 57.0. The van der Waals surface area contributed by atoms with Gasteiger partial charge in [0.15, 0.2) is 5.60 Å². The normalized spacial score (nSPS) is 12.8. The molecule has 0 fully saturated rings. The molecule has 0 radical (unpaired) electrons. The van der Waals surface area contributed by atoms with Gasteiger partial charge in [-0.05, 0) is 48.3 Å². The highest BCUT2D eigenvalue weighted by Gasteiger charge is 2.39. The molecule has 2 aromatic rings. The quantitative estimate of drug-likeness (QED) is 0.183. The summed E-state index contributed by atoms with van der Waals surface area (Å²) in [5.41, 5.74) is -5.27. The molecule has 0 aromatic heterocycles. The smallest absolute Gasteiger partial charge is 0.423 e. The number of halogens is 5. The third-order valence-electron chi connectivity index (χ3n) is 3.58. The highest BCUT2D eigenvalue weighted by atomic mass is 125. The monoisotopic (exact) mass is 542 g/mol. The van der Waals surface area contributed by atoms with Gasteiger partial charge in [-0.15, -0.1) is 0 Å². The van der Waals surface area contributed by atoms with E-state index in [0.29, 0.717) is 12.1 Å². The summed E-state index contributed by atoms with van der Waals surface area (Å²) in [4.78, 5) is 23.7. The Morgan fingerprint density at radius 2 is 1.77 bits per heavy atom. The molecule has 0 saturated heterocycles. The molecular formula is C18H17F4IN2O5. The lowest BCUT2D eigenvalue weighted by atomic mass is 10.1. The van der Waals surface area contributed by atoms with E-state index in [1.54, 1.807) is 0 Å². The van der Waals surface area contributed by atoms with Gasteiger partial charge < -0.3 is 15.2 Å². The molecular weight excluding hydrogens is 525 g/mol. The van der Waals surface area contributed by atoms with Gasteiger partial charge in [0.2, 0.25) is 0 Å². The molecule has 0 bridgehead atoms. The van der Waals surface area contributed by atoms with Crippen LogP contribution in [0.5, 0.6) is 5.75 Å². The largest absolute Gasteiger partial charge is 0.490 e. The van der Waals surface area contributed by atoms with Crippen molar-refractivity contribution in [2.24, 2.45) is 0 Å². The van der Waals surface area contributed by atoms with Crippen LogP contribution in [-0.4, -0.2) is 33.1 Å². The van der Waals surface area contributed by atoms with Crippen molar-refractivity contribution in [3.05, 3.63) is 64.0 Å². The van der Waals surface area contributed by atoms with E-state index in [1.165, 1.54) is 12.1 Å². The van der Waals surface area contributed by atoms with Crippen LogP contribution in [0.4, 0.5) is 28.9 Å². The maximum absolute atomic E-state index is 13.0. The minimum Gasteiger partial charge on any atom is -0.490 e. The summed E-state index contributed by atoms with van der Waals surface area (Å²) in [6.45, 7) is 0.478. The summed E-state index contributed by atoms with van der Waals surface area (Å²) >= 11 is 2.15. The van der Waals surface area contributed by atoms with E-state index in [2.05, 4.69) is 27.9 Å². The Balaban J connectivity index is 0.00000218. The predicted octanol–water partition coefficient (Wildman–Crippen LogP) is 4.57. The van der Waals surface area contributed by atoms with Gasteiger partial charge >= 0.3 is 6.18 Å². The number of anilines is 1. The molecule has 7 nitrogen and oxygen atoms in total. The molecule has 0 aliphatic carbocycles. The van der Waals surface area contributed by atoms with Gasteiger partial charge in [0.05, 0.1) is 4.92 Å². The van der Waals surface area contributed by atoms with Crippen molar-refractivity contribution < 1.29 is 37.1 Å². The predicted molar refractivity (Wildman–Crippen MR) is 109 cm³/mol. The molecule has 164 valence electrons. The lowest BCUT2D eigenvalue weighted by Gasteiger charge is -2.23. The van der Waals surface area contributed by atoms with Crippen molar-refractivity contribution in [2.45, 2.75) is 18.7 Å². The van der Waals surface area contributed by atoms with Gasteiger partial charge in [-0.2, -0.15) is 13.2 Å². The van der Waals surface area contributed by atoms with Crippen LogP contribution in [0.1, 0.15) is 12.5 Å². The highest BCUT2D eigenvalue weighted by Crippen LogP contribution is 2.37. The minimum atomic E-state index is -5.02. The maximum Gasteiger partial charge on any atom is 0.423 e. The SMILES string of the molecule is C[125I].C[C@](O)(COc1ccc(F)cc1)C(=O)Nc1ccc([N+](=O)[O-])c(C(F)(F)F)c1. The number of hydrogen-bond acceptors (Lipinski definition) is 5. The highest BCUT2D eigenvalue weighted by molar-refractivity contribution is 14.1. The molecule has 1 amide bonds. The summed E-state index contributed by atoms with van der Waals surface area (Å²) in [6.07, 6.45) is -5.02. The lowest BCUT2D eigenvalue weighted by Crippen LogP contribution is -2.45. The first-order chi connectivity index (χ1) is 13.9. The number of nitrogens with zero attached hydrogens (tertiary/aromatic N) is 1. The van der Waals surface area contributed by atoms with Crippen molar-refractivity contribution in [2.75, 3.05) is 16.9 Å². The molecule has 2 rings (SSSR count). The van der Waals surface area contributed by atoms with Crippen LogP contribution in [0, 0.1) is 15.9 Å². The number of ether oxygens (including phenoxy) is 1. The van der Waals surface area contributed by atoms with E-state index in [1.807, 2.05) is 4.93 Å². The molecule has 0 spiro atoms.